The molecule has 0 bridgehead atoms. The fourth-order valence-electron chi connectivity index (χ4n) is 2.79. The molecule has 0 radical (unpaired) electrons. The van der Waals surface area contributed by atoms with E-state index < -0.39 is 5.97 Å². The highest BCUT2D eigenvalue weighted by molar-refractivity contribution is 8.17. The Balaban J connectivity index is 2.31. The summed E-state index contributed by atoms with van der Waals surface area (Å²) in [7, 11) is 3.10. The van der Waals surface area contributed by atoms with E-state index in [4.69, 9.17) is 9.47 Å². The molecule has 0 fully saturated rings. The highest BCUT2D eigenvalue weighted by Crippen LogP contribution is 2.51. The summed E-state index contributed by atoms with van der Waals surface area (Å²) in [4.78, 5) is 20.2. The molecule has 0 aromatic carbocycles. The van der Waals surface area contributed by atoms with Gasteiger partial charge in [-0.25, -0.2) is 0 Å². The smallest absolute Gasteiger partial charge is 0.307 e. The molecule has 0 saturated heterocycles. The SMILES string of the molecule is CCCC[S+]1C=C(CC(=O)O)C(C)(C)C1Sc1nc(OC)cc(OC)n1. The highest BCUT2D eigenvalue weighted by Gasteiger charge is 2.52. The van der Waals surface area contributed by atoms with Crippen LogP contribution < -0.4 is 9.47 Å². The van der Waals surface area contributed by atoms with Crippen LogP contribution in [0.2, 0.25) is 0 Å². The van der Waals surface area contributed by atoms with E-state index >= 15 is 0 Å². The first-order chi connectivity index (χ1) is 12.3. The Morgan fingerprint density at radius 1 is 1.31 bits per heavy atom. The maximum absolute atomic E-state index is 11.3. The minimum Gasteiger partial charge on any atom is -0.481 e. The monoisotopic (exact) mass is 399 g/mol. The van der Waals surface area contributed by atoms with Crippen molar-refractivity contribution >= 4 is 28.6 Å². The molecule has 8 heteroatoms. The highest BCUT2D eigenvalue weighted by atomic mass is 32.2. The first kappa shape index (κ1) is 20.9. The van der Waals surface area contributed by atoms with Gasteiger partial charge in [-0.05, 0) is 23.8 Å². The molecule has 0 saturated carbocycles. The second-order valence-electron chi connectivity index (χ2n) is 6.65. The van der Waals surface area contributed by atoms with Crippen molar-refractivity contribution in [2.24, 2.45) is 5.41 Å². The molecule has 1 N–H and O–H groups in total. The third-order valence-corrected chi connectivity index (χ3v) is 9.06. The number of unbranched alkanes of at least 4 members (excludes halogenated alkanes) is 1. The van der Waals surface area contributed by atoms with E-state index in [9.17, 15) is 9.90 Å². The van der Waals surface area contributed by atoms with Crippen LogP contribution in [0.5, 0.6) is 11.8 Å². The average Bonchev–Trinajstić information content (AvgIpc) is 2.82. The second-order valence-corrected chi connectivity index (χ2v) is 10.1. The maximum atomic E-state index is 11.3. The van der Waals surface area contributed by atoms with Gasteiger partial charge in [-0.3, -0.25) is 4.79 Å². The molecule has 2 heterocycles. The number of aliphatic carboxylic acids is 1. The molecule has 2 rings (SSSR count). The van der Waals surface area contributed by atoms with Gasteiger partial charge >= 0.3 is 5.97 Å². The van der Waals surface area contributed by atoms with Crippen LogP contribution in [0.25, 0.3) is 0 Å². The van der Waals surface area contributed by atoms with E-state index in [2.05, 4.69) is 36.1 Å². The topological polar surface area (TPSA) is 81.5 Å². The normalized spacial score (nSPS) is 21.3. The van der Waals surface area contributed by atoms with Gasteiger partial charge in [0.1, 0.15) is 11.2 Å². The van der Waals surface area contributed by atoms with Crippen LogP contribution in [-0.4, -0.2) is 45.6 Å². The van der Waals surface area contributed by atoms with Gasteiger partial charge in [0.2, 0.25) is 11.8 Å². The Morgan fingerprint density at radius 3 is 2.42 bits per heavy atom. The first-order valence-corrected chi connectivity index (χ1v) is 11.0. The molecule has 144 valence electrons. The van der Waals surface area contributed by atoms with E-state index in [1.54, 1.807) is 32.0 Å². The third kappa shape index (κ3) is 4.85. The van der Waals surface area contributed by atoms with Crippen molar-refractivity contribution < 1.29 is 19.4 Å². The lowest BCUT2D eigenvalue weighted by Gasteiger charge is -2.26. The zero-order chi connectivity index (χ0) is 19.3. The van der Waals surface area contributed by atoms with E-state index in [1.807, 2.05) is 0 Å². The van der Waals surface area contributed by atoms with Crippen molar-refractivity contribution in [2.75, 3.05) is 20.0 Å². The number of hydrogen-bond acceptors (Lipinski definition) is 6. The molecule has 0 spiro atoms. The van der Waals surface area contributed by atoms with Crippen molar-refractivity contribution in [3.8, 4) is 11.8 Å². The Kier molecular flexibility index (Phi) is 7.23. The largest absolute Gasteiger partial charge is 0.481 e. The molecule has 1 aliphatic rings. The Bertz CT molecular complexity index is 657. The fraction of sp³-hybridized carbons (Fsp3) is 0.611. The molecule has 6 nitrogen and oxygen atoms in total. The van der Waals surface area contributed by atoms with Gasteiger partial charge < -0.3 is 14.6 Å². The number of carbonyl (C=O) groups is 1. The van der Waals surface area contributed by atoms with Crippen LogP contribution in [0.1, 0.15) is 40.0 Å². The summed E-state index contributed by atoms with van der Waals surface area (Å²) in [6, 6.07) is 1.65. The number of thioether (sulfide) groups is 1. The van der Waals surface area contributed by atoms with Crippen LogP contribution in [-0.2, 0) is 15.7 Å². The molecular formula is C18H27N2O4S2+. The standard InChI is InChI=1S/C18H26N2O4S2/c1-6-7-8-26-11-12(9-15(21)22)18(2,3)16(26)25-17-19-13(23-4)10-14(20-17)24-5/h10-11,16H,6-9H2,1-5H3/p+1. The van der Waals surface area contributed by atoms with Crippen LogP contribution in [0, 0.1) is 5.41 Å². The lowest BCUT2D eigenvalue weighted by atomic mass is 9.85. The number of methoxy groups -OCH3 is 2. The van der Waals surface area contributed by atoms with Gasteiger partial charge in [0, 0.05) is 16.3 Å². The Labute approximate surface area is 162 Å². The molecule has 2 unspecified atom stereocenters. The quantitative estimate of drug-likeness (QED) is 0.500. The van der Waals surface area contributed by atoms with Crippen LogP contribution in [0.3, 0.4) is 0 Å². The summed E-state index contributed by atoms with van der Waals surface area (Å²) in [5.74, 6) is 1.19. The molecule has 2 atom stereocenters. The molecule has 26 heavy (non-hydrogen) atoms. The van der Waals surface area contributed by atoms with Gasteiger partial charge in [-0.1, -0.05) is 27.2 Å². The third-order valence-electron chi connectivity index (χ3n) is 4.35. The van der Waals surface area contributed by atoms with Crippen molar-refractivity contribution in [3.63, 3.8) is 0 Å². The molecule has 1 aromatic rings. The van der Waals surface area contributed by atoms with Crippen LogP contribution in [0.4, 0.5) is 0 Å². The number of carboxylic acids is 1. The van der Waals surface area contributed by atoms with Crippen LogP contribution >= 0.6 is 11.8 Å². The van der Waals surface area contributed by atoms with E-state index in [-0.39, 0.29) is 27.3 Å². The van der Waals surface area contributed by atoms with Crippen molar-refractivity contribution in [1.82, 2.24) is 9.97 Å². The zero-order valence-electron chi connectivity index (χ0n) is 15.9. The summed E-state index contributed by atoms with van der Waals surface area (Å²) < 4.78 is 10.7. The van der Waals surface area contributed by atoms with E-state index in [1.165, 1.54) is 0 Å². The fourth-order valence-corrected chi connectivity index (χ4v) is 7.66. The van der Waals surface area contributed by atoms with Crippen LogP contribution in [0.15, 0.2) is 22.2 Å². The molecule has 1 aliphatic heterocycles. The minimum absolute atomic E-state index is 0.0226. The maximum Gasteiger partial charge on any atom is 0.307 e. The number of carboxylic acid groups (broad SMARTS) is 1. The number of aromatic nitrogens is 2. The Hall–Kier alpha value is -1.41. The van der Waals surface area contributed by atoms with E-state index in [0.29, 0.717) is 16.9 Å². The molecular weight excluding hydrogens is 372 g/mol. The van der Waals surface area contributed by atoms with Crippen molar-refractivity contribution in [1.29, 1.82) is 0 Å². The average molecular weight is 400 g/mol. The lowest BCUT2D eigenvalue weighted by Crippen LogP contribution is -2.30. The summed E-state index contributed by atoms with van der Waals surface area (Å²) in [5.41, 5.74) is 0.761. The number of hydrogen-bond donors (Lipinski definition) is 1. The van der Waals surface area contributed by atoms with Gasteiger partial charge in [-0.2, -0.15) is 9.97 Å². The molecule has 0 amide bonds. The lowest BCUT2D eigenvalue weighted by molar-refractivity contribution is -0.136. The molecule has 1 aromatic heterocycles. The number of nitrogens with zero attached hydrogens (tertiary/aromatic N) is 2. The van der Waals surface area contributed by atoms with Gasteiger partial charge in [0.15, 0.2) is 9.74 Å². The van der Waals surface area contributed by atoms with Crippen molar-refractivity contribution in [3.05, 3.63) is 17.0 Å². The molecule has 0 aliphatic carbocycles. The summed E-state index contributed by atoms with van der Waals surface area (Å²) >= 11 is 1.59. The summed E-state index contributed by atoms with van der Waals surface area (Å²) in [6.45, 7) is 6.41. The summed E-state index contributed by atoms with van der Waals surface area (Å²) in [5, 5.41) is 12.1. The van der Waals surface area contributed by atoms with Gasteiger partial charge in [-0.15, -0.1) is 0 Å². The number of ether oxygens (including phenoxy) is 2. The Morgan fingerprint density at radius 2 is 1.92 bits per heavy atom. The zero-order valence-corrected chi connectivity index (χ0v) is 17.6. The van der Waals surface area contributed by atoms with Crippen molar-refractivity contribution in [2.45, 2.75) is 49.8 Å². The second kappa shape index (κ2) is 8.99. The predicted octanol–water partition coefficient (Wildman–Crippen LogP) is 3.73. The minimum atomic E-state index is -0.784. The van der Waals surface area contributed by atoms with Gasteiger partial charge in [0.05, 0.1) is 26.7 Å². The summed E-state index contributed by atoms with van der Waals surface area (Å²) in [6.07, 6.45) is 2.32. The number of rotatable bonds is 9. The first-order valence-electron chi connectivity index (χ1n) is 8.57. The predicted molar refractivity (Wildman–Crippen MR) is 106 cm³/mol. The van der Waals surface area contributed by atoms with Gasteiger partial charge in [0.25, 0.3) is 0 Å². The van der Waals surface area contributed by atoms with E-state index in [0.717, 1.165) is 24.2 Å².